The summed E-state index contributed by atoms with van der Waals surface area (Å²) in [5.41, 5.74) is 2.57. The largest absolute Gasteiger partial charge is 0.493 e. The zero-order valence-electron chi connectivity index (χ0n) is 11.5. The molecule has 2 aromatic rings. The van der Waals surface area contributed by atoms with Crippen LogP contribution in [0.3, 0.4) is 0 Å². The number of benzene rings is 2. The van der Waals surface area contributed by atoms with Crippen LogP contribution >= 0.6 is 15.9 Å². The van der Waals surface area contributed by atoms with Gasteiger partial charge in [-0.2, -0.15) is 0 Å². The van der Waals surface area contributed by atoms with E-state index in [4.69, 9.17) is 4.74 Å². The second-order valence-electron chi connectivity index (χ2n) is 5.17. The fourth-order valence-corrected chi connectivity index (χ4v) is 3.02. The number of nitrogens with one attached hydrogen (secondary N) is 1. The van der Waals surface area contributed by atoms with Gasteiger partial charge in [0.2, 0.25) is 0 Å². The van der Waals surface area contributed by atoms with E-state index >= 15 is 0 Å². The van der Waals surface area contributed by atoms with Gasteiger partial charge in [-0.1, -0.05) is 52.3 Å². The molecule has 1 N–H and O–H groups in total. The van der Waals surface area contributed by atoms with Crippen LogP contribution in [-0.4, -0.2) is 6.61 Å². The Labute approximate surface area is 128 Å². The van der Waals surface area contributed by atoms with Crippen molar-refractivity contribution in [3.8, 4) is 5.75 Å². The maximum absolute atomic E-state index is 5.75. The van der Waals surface area contributed by atoms with Gasteiger partial charge < -0.3 is 10.1 Å². The molecule has 2 atom stereocenters. The molecule has 2 nitrogen and oxygen atoms in total. The normalized spacial score (nSPS) is 19.0. The lowest BCUT2D eigenvalue weighted by Crippen LogP contribution is -2.29. The van der Waals surface area contributed by atoms with Crippen molar-refractivity contribution in [2.45, 2.75) is 25.4 Å². The van der Waals surface area contributed by atoms with Crippen LogP contribution in [0.25, 0.3) is 0 Å². The summed E-state index contributed by atoms with van der Waals surface area (Å²) >= 11 is 3.50. The van der Waals surface area contributed by atoms with Crippen molar-refractivity contribution in [3.05, 3.63) is 64.1 Å². The highest BCUT2D eigenvalue weighted by atomic mass is 79.9. The van der Waals surface area contributed by atoms with Crippen molar-refractivity contribution in [1.82, 2.24) is 5.32 Å². The maximum Gasteiger partial charge on any atom is 0.125 e. The summed E-state index contributed by atoms with van der Waals surface area (Å²) < 4.78 is 6.81. The molecule has 1 unspecified atom stereocenters. The van der Waals surface area contributed by atoms with Gasteiger partial charge in [-0.25, -0.2) is 0 Å². The number of ether oxygens (including phenoxy) is 1. The van der Waals surface area contributed by atoms with E-state index in [2.05, 4.69) is 76.7 Å². The topological polar surface area (TPSA) is 21.3 Å². The van der Waals surface area contributed by atoms with Crippen LogP contribution in [0.4, 0.5) is 0 Å². The molecule has 20 heavy (non-hydrogen) atoms. The zero-order valence-corrected chi connectivity index (χ0v) is 13.1. The lowest BCUT2D eigenvalue weighted by molar-refractivity contribution is 0.246. The van der Waals surface area contributed by atoms with Gasteiger partial charge in [-0.15, -0.1) is 0 Å². The molecule has 0 radical (unpaired) electrons. The van der Waals surface area contributed by atoms with Gasteiger partial charge in [0.1, 0.15) is 5.75 Å². The minimum absolute atomic E-state index is 0.329. The Balaban J connectivity index is 1.80. The van der Waals surface area contributed by atoms with Crippen molar-refractivity contribution >= 4 is 15.9 Å². The Morgan fingerprint density at radius 2 is 2.00 bits per heavy atom. The molecule has 3 rings (SSSR count). The molecule has 0 aromatic heterocycles. The first-order valence-electron chi connectivity index (χ1n) is 6.97. The van der Waals surface area contributed by atoms with E-state index < -0.39 is 0 Å². The minimum atomic E-state index is 0.329. The predicted octanol–water partition coefficient (Wildman–Crippen LogP) is 4.62. The summed E-state index contributed by atoms with van der Waals surface area (Å²) in [6.07, 6.45) is 1.01. The third-order valence-electron chi connectivity index (χ3n) is 3.77. The van der Waals surface area contributed by atoms with E-state index in [0.717, 1.165) is 23.2 Å². The van der Waals surface area contributed by atoms with Crippen LogP contribution in [0.5, 0.6) is 5.75 Å². The highest BCUT2D eigenvalue weighted by Gasteiger charge is 2.23. The Bertz CT molecular complexity index is 585. The summed E-state index contributed by atoms with van der Waals surface area (Å²) in [5.74, 6) is 0.989. The van der Waals surface area contributed by atoms with E-state index in [1.54, 1.807) is 0 Å². The molecule has 0 amide bonds. The number of fused-ring (bicyclic) bond motifs is 1. The van der Waals surface area contributed by atoms with Crippen LogP contribution < -0.4 is 10.1 Å². The van der Waals surface area contributed by atoms with Crippen LogP contribution in [0.1, 0.15) is 36.6 Å². The third-order valence-corrected chi connectivity index (χ3v) is 4.26. The third kappa shape index (κ3) is 2.89. The molecule has 0 bridgehead atoms. The second-order valence-corrected chi connectivity index (χ2v) is 6.09. The average molecular weight is 332 g/mol. The number of rotatable bonds is 3. The van der Waals surface area contributed by atoms with Crippen LogP contribution in [0, 0.1) is 0 Å². The van der Waals surface area contributed by atoms with Crippen LogP contribution in [0.2, 0.25) is 0 Å². The van der Waals surface area contributed by atoms with Crippen molar-refractivity contribution in [2.24, 2.45) is 0 Å². The Hall–Kier alpha value is -1.32. The second kappa shape index (κ2) is 5.98. The average Bonchev–Trinajstić information content (AvgIpc) is 2.48. The molecule has 104 valence electrons. The van der Waals surface area contributed by atoms with Crippen LogP contribution in [-0.2, 0) is 0 Å². The number of hydrogen-bond acceptors (Lipinski definition) is 2. The van der Waals surface area contributed by atoms with E-state index in [1.165, 1.54) is 11.1 Å². The Morgan fingerprint density at radius 1 is 1.20 bits per heavy atom. The van der Waals surface area contributed by atoms with E-state index in [-0.39, 0.29) is 0 Å². The molecule has 1 aliphatic rings. The van der Waals surface area contributed by atoms with E-state index in [1.807, 2.05) is 0 Å². The number of halogens is 1. The summed E-state index contributed by atoms with van der Waals surface area (Å²) in [6.45, 7) is 2.98. The molecule has 0 aliphatic carbocycles. The molecular formula is C17H18BrNO. The van der Waals surface area contributed by atoms with Gasteiger partial charge in [-0.3, -0.25) is 0 Å². The molecular weight excluding hydrogens is 314 g/mol. The van der Waals surface area contributed by atoms with Crippen molar-refractivity contribution in [1.29, 1.82) is 0 Å². The molecule has 0 spiro atoms. The summed E-state index contributed by atoms with van der Waals surface area (Å²) in [4.78, 5) is 0. The maximum atomic E-state index is 5.75. The molecule has 0 saturated heterocycles. The Kier molecular flexibility index (Phi) is 4.08. The quantitative estimate of drug-likeness (QED) is 0.885. The fraction of sp³-hybridized carbons (Fsp3) is 0.294. The molecule has 0 saturated carbocycles. The van der Waals surface area contributed by atoms with Gasteiger partial charge >= 0.3 is 0 Å². The molecule has 2 aromatic carbocycles. The summed E-state index contributed by atoms with van der Waals surface area (Å²) in [7, 11) is 0. The van der Waals surface area contributed by atoms with Gasteiger partial charge in [0, 0.05) is 28.5 Å². The highest BCUT2D eigenvalue weighted by Crippen LogP contribution is 2.35. The summed E-state index contributed by atoms with van der Waals surface area (Å²) in [6, 6.07) is 17.5. The van der Waals surface area contributed by atoms with Gasteiger partial charge in [0.15, 0.2) is 0 Å². The smallest absolute Gasteiger partial charge is 0.125 e. The first-order chi connectivity index (χ1) is 9.74. The minimum Gasteiger partial charge on any atom is -0.493 e. The van der Waals surface area contributed by atoms with E-state index in [0.29, 0.717) is 12.1 Å². The van der Waals surface area contributed by atoms with Crippen LogP contribution in [0.15, 0.2) is 53.0 Å². The van der Waals surface area contributed by atoms with Gasteiger partial charge in [0.25, 0.3) is 0 Å². The molecule has 0 fully saturated rings. The lowest BCUT2D eigenvalue weighted by Gasteiger charge is -2.29. The monoisotopic (exact) mass is 331 g/mol. The number of hydrogen-bond donors (Lipinski definition) is 1. The molecule has 1 aliphatic heterocycles. The van der Waals surface area contributed by atoms with E-state index in [9.17, 15) is 0 Å². The van der Waals surface area contributed by atoms with Crippen molar-refractivity contribution in [2.75, 3.05) is 6.61 Å². The predicted molar refractivity (Wildman–Crippen MR) is 85.0 cm³/mol. The van der Waals surface area contributed by atoms with Gasteiger partial charge in [-0.05, 0) is 24.6 Å². The lowest BCUT2D eigenvalue weighted by atomic mass is 9.98. The first kappa shape index (κ1) is 13.7. The van der Waals surface area contributed by atoms with Gasteiger partial charge in [0.05, 0.1) is 6.61 Å². The zero-order chi connectivity index (χ0) is 13.9. The SMILES string of the molecule is CC(N[C@@H]1CCOc2cc(Br)ccc21)c1ccccc1. The molecule has 3 heteroatoms. The first-order valence-corrected chi connectivity index (χ1v) is 7.76. The standard InChI is InChI=1S/C17H18BrNO/c1-12(13-5-3-2-4-6-13)19-16-9-10-20-17-11-14(18)7-8-15(16)17/h2-8,11-12,16,19H,9-10H2,1H3/t12?,16-/m1/s1. The summed E-state index contributed by atoms with van der Waals surface area (Å²) in [5, 5.41) is 3.72. The van der Waals surface area contributed by atoms with Crippen molar-refractivity contribution in [3.63, 3.8) is 0 Å². The fourth-order valence-electron chi connectivity index (χ4n) is 2.68. The Morgan fingerprint density at radius 3 is 2.80 bits per heavy atom. The molecule has 1 heterocycles. The highest BCUT2D eigenvalue weighted by molar-refractivity contribution is 9.10. The van der Waals surface area contributed by atoms with Crippen molar-refractivity contribution < 1.29 is 4.74 Å².